The molecule has 3 rings (SSSR count). The molecule has 1 amide bonds. The number of carbonyl (C=O) groups excluding carboxylic acids is 1. The molecule has 0 saturated carbocycles. The van der Waals surface area contributed by atoms with Crippen molar-refractivity contribution in [1.29, 1.82) is 0 Å². The molecule has 3 aromatic rings. The number of anilines is 2. The van der Waals surface area contributed by atoms with Gasteiger partial charge in [-0.2, -0.15) is 12.7 Å². The fraction of sp³-hybridized carbons (Fsp3) is 0. The molecule has 0 bridgehead atoms. The summed E-state index contributed by atoms with van der Waals surface area (Å²) in [4.78, 5) is 15.2. The highest BCUT2D eigenvalue weighted by atomic mass is 32.2. The molecule has 0 aliphatic carbocycles. The van der Waals surface area contributed by atoms with Crippen LogP contribution in [0.5, 0.6) is 0 Å². The Hall–Kier alpha value is -3.27. The number of hydroxylamine groups is 1. The maximum absolute atomic E-state index is 12.0. The van der Waals surface area contributed by atoms with E-state index in [0.29, 0.717) is 9.87 Å². The van der Waals surface area contributed by atoms with Crippen LogP contribution in [0.2, 0.25) is 0 Å². The van der Waals surface area contributed by atoms with Crippen LogP contribution in [0.1, 0.15) is 5.56 Å². The molecule has 1 heterocycles. The number of carbonyl (C=O) groups is 1. The van der Waals surface area contributed by atoms with Gasteiger partial charge < -0.3 is 0 Å². The monoisotopic (exact) mass is 385 g/mol. The van der Waals surface area contributed by atoms with Gasteiger partial charge in [-0.15, -0.1) is 0 Å². The maximum atomic E-state index is 12.0. The van der Waals surface area contributed by atoms with Gasteiger partial charge in [-0.05, 0) is 35.2 Å². The Balaban J connectivity index is 2.08. The van der Waals surface area contributed by atoms with Crippen LogP contribution in [0.15, 0.2) is 66.9 Å². The minimum atomic E-state index is -4.66. The zero-order valence-corrected chi connectivity index (χ0v) is 14.7. The maximum Gasteiger partial charge on any atom is 0.365 e. The van der Waals surface area contributed by atoms with Crippen molar-refractivity contribution in [2.24, 2.45) is 0 Å². The second kappa shape index (κ2) is 7.54. The second-order valence-electron chi connectivity index (χ2n) is 5.54. The number of benzene rings is 2. The van der Waals surface area contributed by atoms with Gasteiger partial charge in [0.2, 0.25) is 0 Å². The van der Waals surface area contributed by atoms with Crippen molar-refractivity contribution in [2.75, 3.05) is 4.31 Å². The van der Waals surface area contributed by atoms with Crippen LogP contribution in [0.4, 0.5) is 11.5 Å². The van der Waals surface area contributed by atoms with E-state index in [9.17, 15) is 17.8 Å². The zero-order valence-electron chi connectivity index (χ0n) is 13.9. The first-order valence-electron chi connectivity index (χ1n) is 7.73. The molecule has 0 aliphatic rings. The third-order valence-corrected chi connectivity index (χ3v) is 4.56. The van der Waals surface area contributed by atoms with E-state index in [0.717, 1.165) is 16.8 Å². The van der Waals surface area contributed by atoms with Crippen molar-refractivity contribution >= 4 is 44.6 Å². The third-order valence-electron chi connectivity index (χ3n) is 3.70. The summed E-state index contributed by atoms with van der Waals surface area (Å²) in [6.45, 7) is 0. The summed E-state index contributed by atoms with van der Waals surface area (Å²) in [6.07, 6.45) is 3.97. The highest BCUT2D eigenvalue weighted by Crippen LogP contribution is 2.29. The SMILES string of the molecule is O=C(/C=C/c1cccc(N(c2cc3ccccc3cn2)S(=O)(=O)O)c1)NO. The standard InChI is InChI=1S/C18H15N3O5S/c22-18(20-23)9-8-13-4-3-7-16(10-13)21(27(24,25)26)17-11-14-5-1-2-6-15(14)12-19-17/h1-12,23H,(H,20,22)(H,24,25,26)/b9-8+. The number of hydrogen-bond donors (Lipinski definition) is 3. The van der Waals surface area contributed by atoms with Crippen molar-refractivity contribution in [3.8, 4) is 0 Å². The van der Waals surface area contributed by atoms with E-state index in [4.69, 9.17) is 5.21 Å². The van der Waals surface area contributed by atoms with Crippen molar-refractivity contribution < 1.29 is 23.0 Å². The van der Waals surface area contributed by atoms with Crippen molar-refractivity contribution in [3.05, 3.63) is 72.4 Å². The van der Waals surface area contributed by atoms with Crippen molar-refractivity contribution in [1.82, 2.24) is 10.5 Å². The molecule has 3 N–H and O–H groups in total. The van der Waals surface area contributed by atoms with Gasteiger partial charge in [0.05, 0.1) is 5.69 Å². The Labute approximate surface area is 155 Å². The summed E-state index contributed by atoms with van der Waals surface area (Å²) in [7, 11) is -4.66. The Morgan fingerprint density at radius 1 is 1.07 bits per heavy atom. The minimum absolute atomic E-state index is 0.0189. The number of nitrogens with zero attached hydrogens (tertiary/aromatic N) is 2. The number of hydrogen-bond acceptors (Lipinski definition) is 5. The Kier molecular flexibility index (Phi) is 5.17. The molecule has 0 fully saturated rings. The summed E-state index contributed by atoms with van der Waals surface area (Å²) < 4.78 is 34.5. The van der Waals surface area contributed by atoms with Crippen LogP contribution in [0.3, 0.4) is 0 Å². The largest absolute Gasteiger partial charge is 0.365 e. The van der Waals surface area contributed by atoms with Gasteiger partial charge in [-0.1, -0.05) is 36.4 Å². The van der Waals surface area contributed by atoms with E-state index < -0.39 is 16.2 Å². The number of fused-ring (bicyclic) bond motifs is 1. The van der Waals surface area contributed by atoms with Gasteiger partial charge in [-0.3, -0.25) is 14.6 Å². The van der Waals surface area contributed by atoms with Crippen LogP contribution in [-0.4, -0.2) is 29.1 Å². The molecule has 0 spiro atoms. The third kappa shape index (κ3) is 4.29. The lowest BCUT2D eigenvalue weighted by Crippen LogP contribution is -2.26. The Morgan fingerprint density at radius 3 is 2.52 bits per heavy atom. The molecule has 0 atom stereocenters. The minimum Gasteiger partial charge on any atom is -0.288 e. The van der Waals surface area contributed by atoms with Crippen LogP contribution in [-0.2, 0) is 15.1 Å². The fourth-order valence-electron chi connectivity index (χ4n) is 2.53. The molecule has 0 radical (unpaired) electrons. The quantitative estimate of drug-likeness (QED) is 0.269. The first-order valence-corrected chi connectivity index (χ1v) is 9.13. The zero-order chi connectivity index (χ0) is 19.4. The topological polar surface area (TPSA) is 120 Å². The molecular formula is C18H15N3O5S. The number of aromatic nitrogens is 1. The number of rotatable bonds is 5. The smallest absolute Gasteiger partial charge is 0.288 e. The molecule has 1 aromatic heterocycles. The first-order chi connectivity index (χ1) is 12.9. The lowest BCUT2D eigenvalue weighted by Gasteiger charge is -2.20. The Morgan fingerprint density at radius 2 is 1.81 bits per heavy atom. The van der Waals surface area contributed by atoms with Crippen LogP contribution in [0.25, 0.3) is 16.8 Å². The van der Waals surface area contributed by atoms with Crippen molar-refractivity contribution in [3.63, 3.8) is 0 Å². The number of nitrogens with one attached hydrogen (secondary N) is 1. The second-order valence-corrected chi connectivity index (χ2v) is 6.80. The van der Waals surface area contributed by atoms with Crippen LogP contribution in [0, 0.1) is 0 Å². The summed E-state index contributed by atoms with van der Waals surface area (Å²) in [5.74, 6) is -0.714. The fourth-order valence-corrected chi connectivity index (χ4v) is 3.25. The van der Waals surface area contributed by atoms with E-state index >= 15 is 0 Å². The van der Waals surface area contributed by atoms with E-state index in [1.165, 1.54) is 29.9 Å². The highest BCUT2D eigenvalue weighted by Gasteiger charge is 2.23. The van der Waals surface area contributed by atoms with E-state index in [1.54, 1.807) is 24.3 Å². The van der Waals surface area contributed by atoms with Crippen molar-refractivity contribution in [2.45, 2.75) is 0 Å². The average molecular weight is 385 g/mol. The summed E-state index contributed by atoms with van der Waals surface area (Å²) in [5.41, 5.74) is 2.07. The lowest BCUT2D eigenvalue weighted by atomic mass is 10.1. The Bertz CT molecular complexity index is 1130. The van der Waals surface area contributed by atoms with Gasteiger partial charge in [0.15, 0.2) is 0 Å². The summed E-state index contributed by atoms with van der Waals surface area (Å²) in [6, 6.07) is 14.9. The number of amides is 1. The van der Waals surface area contributed by atoms with Gasteiger partial charge in [0, 0.05) is 17.7 Å². The molecule has 9 heteroatoms. The molecule has 2 aromatic carbocycles. The predicted octanol–water partition coefficient (Wildman–Crippen LogP) is 2.69. The molecule has 138 valence electrons. The predicted molar refractivity (Wildman–Crippen MR) is 101 cm³/mol. The summed E-state index contributed by atoms with van der Waals surface area (Å²) >= 11 is 0. The van der Waals surface area contributed by atoms with E-state index in [1.807, 2.05) is 18.2 Å². The molecule has 27 heavy (non-hydrogen) atoms. The normalized spacial score (nSPS) is 11.6. The molecule has 0 unspecified atom stereocenters. The van der Waals surface area contributed by atoms with Gasteiger partial charge in [0.25, 0.3) is 5.91 Å². The van der Waals surface area contributed by atoms with Crippen LogP contribution < -0.4 is 9.79 Å². The molecule has 0 aliphatic heterocycles. The number of pyridine rings is 1. The first kappa shape index (κ1) is 18.5. The van der Waals surface area contributed by atoms with E-state index in [-0.39, 0.29) is 11.5 Å². The molecular weight excluding hydrogens is 370 g/mol. The molecule has 0 saturated heterocycles. The summed E-state index contributed by atoms with van der Waals surface area (Å²) in [5, 5.41) is 10.1. The van der Waals surface area contributed by atoms with Crippen LogP contribution >= 0.6 is 0 Å². The molecule has 8 nitrogen and oxygen atoms in total. The van der Waals surface area contributed by atoms with Gasteiger partial charge >= 0.3 is 10.3 Å². The van der Waals surface area contributed by atoms with E-state index in [2.05, 4.69) is 4.98 Å². The van der Waals surface area contributed by atoms with Gasteiger partial charge in [0.1, 0.15) is 5.82 Å². The lowest BCUT2D eigenvalue weighted by molar-refractivity contribution is -0.124. The average Bonchev–Trinajstić information content (AvgIpc) is 2.65. The highest BCUT2D eigenvalue weighted by molar-refractivity contribution is 7.87. The van der Waals surface area contributed by atoms with Gasteiger partial charge in [-0.25, -0.2) is 10.5 Å².